The predicted octanol–water partition coefficient (Wildman–Crippen LogP) is 12.0. The third-order valence-corrected chi connectivity index (χ3v) is 10.7. The summed E-state index contributed by atoms with van der Waals surface area (Å²) < 4.78 is 36.8. The average molecular weight is 641 g/mol. The first kappa shape index (κ1) is 36.6. The largest absolute Gasteiger partial charge is 0.373 e. The number of allylic oxidation sites excluding steroid dienone is 2. The van der Waals surface area contributed by atoms with Crippen molar-refractivity contribution < 1.29 is 13.5 Å². The second-order valence-corrected chi connectivity index (χ2v) is 13.9. The maximum absolute atomic E-state index is 15.3. The van der Waals surface area contributed by atoms with E-state index >= 15 is 8.78 Å². The zero-order valence-electron chi connectivity index (χ0n) is 28.7. The van der Waals surface area contributed by atoms with Crippen molar-refractivity contribution in [2.45, 2.75) is 117 Å². The molecule has 0 spiro atoms. The molecule has 2 aromatic rings. The molecule has 47 heavy (non-hydrogen) atoms. The number of nitrogens with zero attached hydrogens (tertiary/aromatic N) is 2. The molecule has 0 bridgehead atoms. The molecule has 2 aromatic carbocycles. The van der Waals surface area contributed by atoms with Crippen molar-refractivity contribution in [3.05, 3.63) is 82.4 Å². The lowest BCUT2D eigenvalue weighted by atomic mass is 9.75. The monoisotopic (exact) mass is 640 g/mol. The summed E-state index contributed by atoms with van der Waals surface area (Å²) >= 11 is 0. The van der Waals surface area contributed by atoms with E-state index in [1.807, 2.05) is 24.3 Å². The van der Waals surface area contributed by atoms with Gasteiger partial charge in [0.15, 0.2) is 0 Å². The molecule has 2 fully saturated rings. The summed E-state index contributed by atoms with van der Waals surface area (Å²) in [4.78, 5) is 0. The van der Waals surface area contributed by atoms with Gasteiger partial charge >= 0.3 is 0 Å². The van der Waals surface area contributed by atoms with Crippen molar-refractivity contribution in [1.29, 1.82) is 10.5 Å². The van der Waals surface area contributed by atoms with Gasteiger partial charge in [0.1, 0.15) is 11.6 Å². The quantitative estimate of drug-likeness (QED) is 0.172. The lowest BCUT2D eigenvalue weighted by Crippen LogP contribution is -2.17. The van der Waals surface area contributed by atoms with E-state index < -0.39 is 0 Å². The minimum absolute atomic E-state index is 0.259. The molecule has 2 aliphatic carbocycles. The molecule has 0 aromatic heterocycles. The summed E-state index contributed by atoms with van der Waals surface area (Å²) in [6.07, 6.45) is 23.0. The number of unbranched alkanes of at least 4 members (excludes halogenated alkanes) is 4. The van der Waals surface area contributed by atoms with E-state index in [1.165, 1.54) is 63.5 Å². The lowest BCUT2D eigenvalue weighted by Gasteiger charge is -2.31. The highest BCUT2D eigenvalue weighted by Crippen LogP contribution is 2.41. The van der Waals surface area contributed by atoms with Crippen LogP contribution in [-0.4, -0.2) is 13.2 Å². The molecule has 2 saturated carbocycles. The Morgan fingerprint density at radius 3 is 1.40 bits per heavy atom. The summed E-state index contributed by atoms with van der Waals surface area (Å²) in [5.74, 6) is 1.30. The minimum Gasteiger partial charge on any atom is -0.373 e. The third kappa shape index (κ3) is 10.9. The summed E-state index contributed by atoms with van der Waals surface area (Å²) in [6, 6.07) is 13.6. The standard InChI is InChI=1S/C42H54F2N2O/c1-3-5-7-9-31-11-17-35(18-12-31)37(39-21-15-33(29-45)27-41(39)43)23-25-47-26-24-38(40-22-16-34(30-46)28-42(40)44)36-19-13-32(14-20-36)10-8-6-4-2/h15-16,21-24,27-28,31-32,35-36H,3-14,17-20,25-26H2,1-2H3/t31-,32-,35-,36-. The number of nitriles is 2. The fourth-order valence-electron chi connectivity index (χ4n) is 7.89. The van der Waals surface area contributed by atoms with Gasteiger partial charge in [0, 0.05) is 11.1 Å². The highest BCUT2D eigenvalue weighted by atomic mass is 19.1. The van der Waals surface area contributed by atoms with E-state index in [-0.39, 0.29) is 23.5 Å². The Balaban J connectivity index is 1.47. The minimum atomic E-state index is -0.357. The van der Waals surface area contributed by atoms with Crippen LogP contribution in [0.3, 0.4) is 0 Å². The van der Waals surface area contributed by atoms with Crippen LogP contribution in [-0.2, 0) is 4.74 Å². The number of rotatable bonds is 16. The number of hydrogen-bond acceptors (Lipinski definition) is 3. The van der Waals surface area contributed by atoms with E-state index in [0.717, 1.165) is 74.3 Å². The molecule has 0 saturated heterocycles. The van der Waals surface area contributed by atoms with Crippen LogP contribution in [0.25, 0.3) is 11.1 Å². The van der Waals surface area contributed by atoms with Crippen LogP contribution in [0.4, 0.5) is 8.78 Å². The molecule has 0 N–H and O–H groups in total. The van der Waals surface area contributed by atoms with Crippen molar-refractivity contribution in [2.24, 2.45) is 23.7 Å². The normalized spacial score (nSPS) is 22.1. The number of halogens is 2. The molecular formula is C42H54F2N2O. The number of ether oxygens (including phenoxy) is 1. The summed E-state index contributed by atoms with van der Waals surface area (Å²) in [5, 5.41) is 18.6. The Morgan fingerprint density at radius 1 is 0.660 bits per heavy atom. The molecule has 0 radical (unpaired) electrons. The summed E-state index contributed by atoms with van der Waals surface area (Å²) in [5.41, 5.74) is 3.72. The molecule has 5 heteroatoms. The zero-order chi connectivity index (χ0) is 33.4. The molecule has 4 rings (SSSR count). The van der Waals surface area contributed by atoms with Crippen LogP contribution in [0.15, 0.2) is 48.6 Å². The van der Waals surface area contributed by atoms with Gasteiger partial charge in [0.2, 0.25) is 0 Å². The molecule has 0 atom stereocenters. The first-order valence-corrected chi connectivity index (χ1v) is 18.3. The second kappa shape index (κ2) is 19.5. The predicted molar refractivity (Wildman–Crippen MR) is 188 cm³/mol. The Labute approximate surface area is 282 Å². The molecule has 2 aliphatic rings. The van der Waals surface area contributed by atoms with Crippen molar-refractivity contribution in [3.8, 4) is 12.1 Å². The van der Waals surface area contributed by atoms with Crippen LogP contribution in [0.1, 0.15) is 139 Å². The lowest BCUT2D eigenvalue weighted by molar-refractivity contribution is 0.193. The van der Waals surface area contributed by atoms with Gasteiger partial charge < -0.3 is 4.74 Å². The van der Waals surface area contributed by atoms with Crippen LogP contribution in [0.2, 0.25) is 0 Å². The van der Waals surface area contributed by atoms with E-state index in [0.29, 0.717) is 35.5 Å². The SMILES string of the molecule is CCCCC[C@H]1CC[C@H](C(=CCOCC=C(c2ccc(C#N)cc2F)[C@H]2CC[C@H](CCCCC)CC2)c2ccc(C#N)cc2F)CC1. The van der Waals surface area contributed by atoms with Gasteiger partial charge in [-0.1, -0.05) is 89.5 Å². The Bertz CT molecular complexity index is 1310. The van der Waals surface area contributed by atoms with Crippen molar-refractivity contribution >= 4 is 11.1 Å². The maximum atomic E-state index is 15.3. The molecular weight excluding hydrogens is 586 g/mol. The van der Waals surface area contributed by atoms with Crippen LogP contribution < -0.4 is 0 Å². The van der Waals surface area contributed by atoms with E-state index in [2.05, 4.69) is 13.8 Å². The van der Waals surface area contributed by atoms with Crippen molar-refractivity contribution in [1.82, 2.24) is 0 Å². The van der Waals surface area contributed by atoms with Crippen LogP contribution in [0.5, 0.6) is 0 Å². The highest BCUT2D eigenvalue weighted by molar-refractivity contribution is 5.70. The van der Waals surface area contributed by atoms with Gasteiger partial charge in [-0.25, -0.2) is 8.78 Å². The number of benzene rings is 2. The Kier molecular flexibility index (Phi) is 15.2. The topological polar surface area (TPSA) is 56.8 Å². The summed E-state index contributed by atoms with van der Waals surface area (Å²) in [6.45, 7) is 5.14. The van der Waals surface area contributed by atoms with Crippen LogP contribution in [0, 0.1) is 58.0 Å². The van der Waals surface area contributed by atoms with E-state index in [4.69, 9.17) is 4.74 Å². The van der Waals surface area contributed by atoms with Gasteiger partial charge in [-0.2, -0.15) is 10.5 Å². The zero-order valence-corrected chi connectivity index (χ0v) is 28.7. The Hall–Kier alpha value is -3.28. The summed E-state index contributed by atoms with van der Waals surface area (Å²) in [7, 11) is 0. The Morgan fingerprint density at radius 2 is 1.06 bits per heavy atom. The van der Waals surface area contributed by atoms with Gasteiger partial charge in [-0.15, -0.1) is 0 Å². The molecule has 0 unspecified atom stereocenters. The fraction of sp³-hybridized carbons (Fsp3) is 0.571. The highest BCUT2D eigenvalue weighted by Gasteiger charge is 2.27. The first-order valence-electron chi connectivity index (χ1n) is 18.3. The van der Waals surface area contributed by atoms with Gasteiger partial charge in [0.25, 0.3) is 0 Å². The molecule has 0 heterocycles. The second-order valence-electron chi connectivity index (χ2n) is 13.9. The average Bonchev–Trinajstić information content (AvgIpc) is 3.09. The number of hydrogen-bond donors (Lipinski definition) is 0. The third-order valence-electron chi connectivity index (χ3n) is 10.7. The molecule has 0 amide bonds. The fourth-order valence-corrected chi connectivity index (χ4v) is 7.89. The van der Waals surface area contributed by atoms with E-state index in [9.17, 15) is 10.5 Å². The van der Waals surface area contributed by atoms with Gasteiger partial charge in [-0.05, 0) is 110 Å². The molecule has 0 aliphatic heterocycles. The van der Waals surface area contributed by atoms with Gasteiger partial charge in [0.05, 0.1) is 36.5 Å². The first-order chi connectivity index (χ1) is 23.0. The van der Waals surface area contributed by atoms with Gasteiger partial charge in [-0.3, -0.25) is 0 Å². The molecule has 3 nitrogen and oxygen atoms in total. The molecule has 252 valence electrons. The van der Waals surface area contributed by atoms with E-state index in [1.54, 1.807) is 24.3 Å². The van der Waals surface area contributed by atoms with Crippen LogP contribution >= 0.6 is 0 Å². The van der Waals surface area contributed by atoms with Crippen molar-refractivity contribution in [2.75, 3.05) is 13.2 Å². The van der Waals surface area contributed by atoms with Crippen molar-refractivity contribution in [3.63, 3.8) is 0 Å². The maximum Gasteiger partial charge on any atom is 0.132 e. The smallest absolute Gasteiger partial charge is 0.132 e.